The summed E-state index contributed by atoms with van der Waals surface area (Å²) in [6, 6.07) is 5.38. The van der Waals surface area contributed by atoms with Gasteiger partial charge >= 0.3 is 5.97 Å². The van der Waals surface area contributed by atoms with Crippen molar-refractivity contribution >= 4 is 23.3 Å². The molecule has 102 valence electrons. The SMILES string of the molecule is COC(=O)c1ccc(-c2cc(Cl)ncn2)c([N+](=O)[O-])c1. The molecule has 0 aliphatic rings. The van der Waals surface area contributed by atoms with Crippen molar-refractivity contribution in [3.05, 3.63) is 51.4 Å². The van der Waals surface area contributed by atoms with Crippen LogP contribution >= 0.6 is 11.6 Å². The molecule has 0 bridgehead atoms. The Hall–Kier alpha value is -2.54. The van der Waals surface area contributed by atoms with Gasteiger partial charge in [-0.3, -0.25) is 10.1 Å². The van der Waals surface area contributed by atoms with E-state index in [2.05, 4.69) is 14.7 Å². The van der Waals surface area contributed by atoms with Crippen molar-refractivity contribution in [1.82, 2.24) is 9.97 Å². The molecule has 2 aromatic rings. The first-order valence-electron chi connectivity index (χ1n) is 5.37. The minimum absolute atomic E-state index is 0.0862. The largest absolute Gasteiger partial charge is 0.465 e. The topological polar surface area (TPSA) is 95.2 Å². The Morgan fingerprint density at radius 1 is 1.35 bits per heavy atom. The van der Waals surface area contributed by atoms with Gasteiger partial charge in [-0.15, -0.1) is 0 Å². The lowest BCUT2D eigenvalue weighted by molar-refractivity contribution is -0.384. The van der Waals surface area contributed by atoms with Crippen molar-refractivity contribution in [1.29, 1.82) is 0 Å². The van der Waals surface area contributed by atoms with E-state index in [-0.39, 0.29) is 22.0 Å². The summed E-state index contributed by atoms with van der Waals surface area (Å²) in [5.41, 5.74) is 0.367. The summed E-state index contributed by atoms with van der Waals surface area (Å²) in [6.07, 6.45) is 1.20. The van der Waals surface area contributed by atoms with Crippen LogP contribution in [0.5, 0.6) is 0 Å². The molecule has 20 heavy (non-hydrogen) atoms. The summed E-state index contributed by atoms with van der Waals surface area (Å²) in [6.45, 7) is 0. The molecular weight excluding hydrogens is 286 g/mol. The van der Waals surface area contributed by atoms with Gasteiger partial charge in [0.25, 0.3) is 5.69 Å². The Morgan fingerprint density at radius 3 is 2.70 bits per heavy atom. The first kappa shape index (κ1) is 13.9. The molecule has 0 saturated carbocycles. The van der Waals surface area contributed by atoms with Crippen LogP contribution in [-0.2, 0) is 4.74 Å². The van der Waals surface area contributed by atoms with Gasteiger partial charge in [-0.25, -0.2) is 14.8 Å². The van der Waals surface area contributed by atoms with Gasteiger partial charge in [0.05, 0.1) is 28.9 Å². The zero-order valence-electron chi connectivity index (χ0n) is 10.2. The van der Waals surface area contributed by atoms with Gasteiger partial charge < -0.3 is 4.74 Å². The third-order valence-electron chi connectivity index (χ3n) is 2.53. The minimum Gasteiger partial charge on any atom is -0.465 e. The van der Waals surface area contributed by atoms with E-state index < -0.39 is 10.9 Å². The van der Waals surface area contributed by atoms with Gasteiger partial charge in [-0.05, 0) is 12.1 Å². The van der Waals surface area contributed by atoms with Crippen molar-refractivity contribution < 1.29 is 14.5 Å². The molecule has 1 aromatic carbocycles. The van der Waals surface area contributed by atoms with Crippen LogP contribution < -0.4 is 0 Å². The number of hydrogen-bond acceptors (Lipinski definition) is 6. The van der Waals surface area contributed by atoms with Gasteiger partial charge in [0.2, 0.25) is 0 Å². The highest BCUT2D eigenvalue weighted by molar-refractivity contribution is 6.29. The molecule has 0 atom stereocenters. The molecular formula is C12H8ClN3O4. The second-order valence-electron chi connectivity index (χ2n) is 3.71. The van der Waals surface area contributed by atoms with E-state index in [1.165, 1.54) is 31.6 Å². The molecule has 0 radical (unpaired) electrons. The summed E-state index contributed by atoms with van der Waals surface area (Å²) in [4.78, 5) is 29.6. The van der Waals surface area contributed by atoms with Crippen LogP contribution in [-0.4, -0.2) is 28.0 Å². The summed E-state index contributed by atoms with van der Waals surface area (Å²) >= 11 is 5.74. The summed E-state index contributed by atoms with van der Waals surface area (Å²) in [5.74, 6) is -0.652. The molecule has 0 spiro atoms. The normalized spacial score (nSPS) is 10.1. The second-order valence-corrected chi connectivity index (χ2v) is 4.09. The van der Waals surface area contributed by atoms with Crippen LogP contribution in [0.2, 0.25) is 5.15 Å². The van der Waals surface area contributed by atoms with Gasteiger partial charge in [0.15, 0.2) is 0 Å². The Kier molecular flexibility index (Phi) is 3.90. The number of hydrogen-bond donors (Lipinski definition) is 0. The number of rotatable bonds is 3. The fraction of sp³-hybridized carbons (Fsp3) is 0.0833. The van der Waals surface area contributed by atoms with Crippen LogP contribution in [0, 0.1) is 10.1 Å². The molecule has 2 rings (SSSR count). The van der Waals surface area contributed by atoms with Crippen molar-refractivity contribution in [2.45, 2.75) is 0 Å². The van der Waals surface area contributed by atoms with Gasteiger partial charge in [0.1, 0.15) is 11.5 Å². The second kappa shape index (κ2) is 5.62. The standard InChI is InChI=1S/C12H8ClN3O4/c1-20-12(17)7-2-3-8(10(4-7)16(18)19)9-5-11(13)15-6-14-9/h2-6H,1H3. The number of aromatic nitrogens is 2. The molecule has 0 aliphatic carbocycles. The number of nitrogens with zero attached hydrogens (tertiary/aromatic N) is 3. The summed E-state index contributed by atoms with van der Waals surface area (Å²) in [5, 5.41) is 11.3. The van der Waals surface area contributed by atoms with Crippen LogP contribution in [0.3, 0.4) is 0 Å². The van der Waals surface area contributed by atoms with Crippen molar-refractivity contribution in [2.24, 2.45) is 0 Å². The van der Waals surface area contributed by atoms with E-state index in [0.717, 1.165) is 6.07 Å². The van der Waals surface area contributed by atoms with Crippen molar-refractivity contribution in [3.63, 3.8) is 0 Å². The van der Waals surface area contributed by atoms with E-state index in [1.54, 1.807) is 0 Å². The first-order chi connectivity index (χ1) is 9.52. The van der Waals surface area contributed by atoms with E-state index >= 15 is 0 Å². The molecule has 0 amide bonds. The molecule has 0 saturated heterocycles. The number of methoxy groups -OCH3 is 1. The highest BCUT2D eigenvalue weighted by Gasteiger charge is 2.20. The third kappa shape index (κ3) is 2.72. The molecule has 7 nitrogen and oxygen atoms in total. The van der Waals surface area contributed by atoms with E-state index in [1.807, 2.05) is 0 Å². The van der Waals surface area contributed by atoms with Crippen molar-refractivity contribution in [2.75, 3.05) is 7.11 Å². The van der Waals surface area contributed by atoms with E-state index in [9.17, 15) is 14.9 Å². The maximum atomic E-state index is 11.4. The van der Waals surface area contributed by atoms with Gasteiger partial charge in [-0.1, -0.05) is 11.6 Å². The average Bonchev–Trinajstić information content (AvgIpc) is 2.45. The number of carbonyl (C=O) groups excluding carboxylic acids is 1. The Labute approximate surface area is 118 Å². The summed E-state index contributed by atoms with van der Waals surface area (Å²) < 4.78 is 4.53. The molecule has 1 aromatic heterocycles. The van der Waals surface area contributed by atoms with Crippen LogP contribution in [0.25, 0.3) is 11.3 Å². The molecule has 0 unspecified atom stereocenters. The number of carbonyl (C=O) groups is 1. The number of nitro groups is 1. The number of esters is 1. The van der Waals surface area contributed by atoms with Crippen molar-refractivity contribution in [3.8, 4) is 11.3 Å². The molecule has 0 N–H and O–H groups in total. The zero-order valence-corrected chi connectivity index (χ0v) is 11.0. The van der Waals surface area contributed by atoms with E-state index in [0.29, 0.717) is 5.69 Å². The third-order valence-corrected chi connectivity index (χ3v) is 2.73. The van der Waals surface area contributed by atoms with Gasteiger partial charge in [0, 0.05) is 12.1 Å². The smallest absolute Gasteiger partial charge is 0.338 e. The lowest BCUT2D eigenvalue weighted by Crippen LogP contribution is -2.03. The maximum absolute atomic E-state index is 11.4. The van der Waals surface area contributed by atoms with Crippen LogP contribution in [0.1, 0.15) is 10.4 Å². The number of ether oxygens (including phenoxy) is 1. The average molecular weight is 294 g/mol. The Balaban J connectivity index is 2.59. The number of halogens is 1. The van der Waals surface area contributed by atoms with Crippen LogP contribution in [0.4, 0.5) is 5.69 Å². The predicted molar refractivity (Wildman–Crippen MR) is 70.5 cm³/mol. The molecule has 0 aliphatic heterocycles. The quantitative estimate of drug-likeness (QED) is 0.373. The highest BCUT2D eigenvalue weighted by atomic mass is 35.5. The fourth-order valence-corrected chi connectivity index (χ4v) is 1.77. The monoisotopic (exact) mass is 293 g/mol. The van der Waals surface area contributed by atoms with Gasteiger partial charge in [-0.2, -0.15) is 0 Å². The number of benzene rings is 1. The first-order valence-corrected chi connectivity index (χ1v) is 5.75. The van der Waals surface area contributed by atoms with E-state index in [4.69, 9.17) is 11.6 Å². The lowest BCUT2D eigenvalue weighted by Gasteiger charge is -2.04. The Morgan fingerprint density at radius 2 is 2.10 bits per heavy atom. The summed E-state index contributed by atoms with van der Waals surface area (Å²) in [7, 11) is 1.20. The molecule has 0 fully saturated rings. The predicted octanol–water partition coefficient (Wildman–Crippen LogP) is 2.49. The minimum atomic E-state index is -0.652. The maximum Gasteiger partial charge on any atom is 0.338 e. The molecule has 8 heteroatoms. The Bertz CT molecular complexity index is 690. The zero-order chi connectivity index (χ0) is 14.7. The van der Waals surface area contributed by atoms with Crippen LogP contribution in [0.15, 0.2) is 30.6 Å². The lowest BCUT2D eigenvalue weighted by atomic mass is 10.1. The highest BCUT2D eigenvalue weighted by Crippen LogP contribution is 2.30. The number of nitro benzene ring substituents is 1. The fourth-order valence-electron chi connectivity index (χ4n) is 1.62. The molecule has 1 heterocycles.